The minimum absolute atomic E-state index is 0.0632. The molecule has 0 aliphatic rings. The van der Waals surface area contributed by atoms with Gasteiger partial charge in [-0.3, -0.25) is 14.4 Å². The maximum Gasteiger partial charge on any atom is 0.306 e. The van der Waals surface area contributed by atoms with Crippen LogP contribution in [0.4, 0.5) is 0 Å². The Balaban J connectivity index is 4.25. The van der Waals surface area contributed by atoms with E-state index in [-0.39, 0.29) is 31.1 Å². The van der Waals surface area contributed by atoms with Crippen LogP contribution in [-0.2, 0) is 28.6 Å². The normalized spacial score (nSPS) is 11.9. The van der Waals surface area contributed by atoms with Crippen molar-refractivity contribution in [2.75, 3.05) is 13.2 Å². The van der Waals surface area contributed by atoms with Gasteiger partial charge in [-0.25, -0.2) is 0 Å². The van der Waals surface area contributed by atoms with Crippen LogP contribution in [0.15, 0.2) is 0 Å². The summed E-state index contributed by atoms with van der Waals surface area (Å²) in [4.78, 5) is 37.8. The van der Waals surface area contributed by atoms with Gasteiger partial charge in [-0.1, -0.05) is 240 Å². The maximum atomic E-state index is 12.7. The highest BCUT2D eigenvalue weighted by Crippen LogP contribution is 2.17. The second kappa shape index (κ2) is 44.5. The summed E-state index contributed by atoms with van der Waals surface area (Å²) in [6.07, 6.45) is 45.2. The standard InChI is InChI=1S/C50H96O6/c1-5-7-9-11-13-15-16-17-18-19-22-26-29-33-37-41-48(51)54-44-47(56-50(53)43-39-35-31-24-14-12-10-8-6-2)45-55-49(52)42-38-34-30-27-23-20-21-25-28-32-36-40-46(3)4/h46-47H,5-45H2,1-4H3/t47-/m0/s1. The highest BCUT2D eigenvalue weighted by molar-refractivity contribution is 5.71. The highest BCUT2D eigenvalue weighted by atomic mass is 16.6. The van der Waals surface area contributed by atoms with E-state index in [9.17, 15) is 14.4 Å². The molecule has 0 saturated carbocycles. The Labute approximate surface area is 348 Å². The van der Waals surface area contributed by atoms with Gasteiger partial charge in [-0.05, 0) is 25.2 Å². The summed E-state index contributed by atoms with van der Waals surface area (Å²) < 4.78 is 16.8. The van der Waals surface area contributed by atoms with E-state index in [1.165, 1.54) is 173 Å². The topological polar surface area (TPSA) is 78.9 Å². The lowest BCUT2D eigenvalue weighted by Gasteiger charge is -2.18. The SMILES string of the molecule is CCCCCCCCCCCCCCCCCC(=O)OC[C@@H](COC(=O)CCCCCCCCCCCCCC(C)C)OC(=O)CCCCCCCCCCC. The number of hydrogen-bond donors (Lipinski definition) is 0. The summed E-state index contributed by atoms with van der Waals surface area (Å²) in [5, 5.41) is 0. The van der Waals surface area contributed by atoms with Crippen LogP contribution in [0.2, 0.25) is 0 Å². The van der Waals surface area contributed by atoms with Crippen molar-refractivity contribution in [3.63, 3.8) is 0 Å². The van der Waals surface area contributed by atoms with E-state index in [2.05, 4.69) is 27.7 Å². The van der Waals surface area contributed by atoms with Crippen molar-refractivity contribution in [1.82, 2.24) is 0 Å². The Morgan fingerprint density at radius 3 is 0.875 bits per heavy atom. The third kappa shape index (κ3) is 43.5. The third-order valence-corrected chi connectivity index (χ3v) is 11.3. The van der Waals surface area contributed by atoms with Crippen LogP contribution in [-0.4, -0.2) is 37.2 Å². The molecule has 0 radical (unpaired) electrons. The first kappa shape index (κ1) is 54.4. The van der Waals surface area contributed by atoms with Crippen LogP contribution in [0.3, 0.4) is 0 Å². The molecular formula is C50H96O6. The minimum atomic E-state index is -0.759. The van der Waals surface area contributed by atoms with Crippen molar-refractivity contribution in [3.05, 3.63) is 0 Å². The average Bonchev–Trinajstić information content (AvgIpc) is 3.18. The molecule has 6 heteroatoms. The molecule has 56 heavy (non-hydrogen) atoms. The van der Waals surface area contributed by atoms with Gasteiger partial charge in [0.25, 0.3) is 0 Å². The molecule has 332 valence electrons. The van der Waals surface area contributed by atoms with Crippen molar-refractivity contribution in [3.8, 4) is 0 Å². The summed E-state index contributed by atoms with van der Waals surface area (Å²) in [7, 11) is 0. The van der Waals surface area contributed by atoms with E-state index in [4.69, 9.17) is 14.2 Å². The number of carbonyl (C=O) groups is 3. The summed E-state index contributed by atoms with van der Waals surface area (Å²) in [5.74, 6) is -0.0231. The smallest absolute Gasteiger partial charge is 0.306 e. The molecule has 1 atom stereocenters. The molecule has 0 unspecified atom stereocenters. The summed E-state index contributed by atoms with van der Waals surface area (Å²) >= 11 is 0. The molecule has 0 spiro atoms. The quantitative estimate of drug-likeness (QED) is 0.0347. The molecule has 0 heterocycles. The van der Waals surface area contributed by atoms with E-state index in [1.807, 2.05) is 0 Å². The van der Waals surface area contributed by atoms with Crippen molar-refractivity contribution in [2.24, 2.45) is 5.92 Å². The molecule has 0 aliphatic carbocycles. The number of ether oxygens (including phenoxy) is 3. The van der Waals surface area contributed by atoms with Gasteiger partial charge in [0, 0.05) is 19.3 Å². The molecule has 0 bridgehead atoms. The summed E-state index contributed by atoms with van der Waals surface area (Å²) in [5.41, 5.74) is 0. The van der Waals surface area contributed by atoms with Gasteiger partial charge in [-0.2, -0.15) is 0 Å². The lowest BCUT2D eigenvalue weighted by atomic mass is 10.0. The van der Waals surface area contributed by atoms with Crippen LogP contribution < -0.4 is 0 Å². The van der Waals surface area contributed by atoms with Crippen LogP contribution >= 0.6 is 0 Å². The van der Waals surface area contributed by atoms with Gasteiger partial charge in [0.05, 0.1) is 0 Å². The second-order valence-corrected chi connectivity index (χ2v) is 17.6. The molecule has 0 rings (SSSR count). The molecule has 0 aromatic heterocycles. The van der Waals surface area contributed by atoms with Crippen molar-refractivity contribution in [1.29, 1.82) is 0 Å². The van der Waals surface area contributed by atoms with Gasteiger partial charge in [-0.15, -0.1) is 0 Å². The molecule has 0 N–H and O–H groups in total. The number of rotatable bonds is 45. The zero-order chi connectivity index (χ0) is 41.0. The first-order valence-electron chi connectivity index (χ1n) is 24.9. The largest absolute Gasteiger partial charge is 0.462 e. The van der Waals surface area contributed by atoms with Gasteiger partial charge in [0.1, 0.15) is 13.2 Å². The fourth-order valence-electron chi connectivity index (χ4n) is 7.51. The molecule has 6 nitrogen and oxygen atoms in total. The monoisotopic (exact) mass is 793 g/mol. The molecular weight excluding hydrogens is 697 g/mol. The third-order valence-electron chi connectivity index (χ3n) is 11.3. The lowest BCUT2D eigenvalue weighted by molar-refractivity contribution is -0.167. The van der Waals surface area contributed by atoms with Gasteiger partial charge >= 0.3 is 17.9 Å². The second-order valence-electron chi connectivity index (χ2n) is 17.6. The minimum Gasteiger partial charge on any atom is -0.462 e. The first-order valence-corrected chi connectivity index (χ1v) is 24.9. The van der Waals surface area contributed by atoms with Gasteiger partial charge < -0.3 is 14.2 Å². The zero-order valence-electron chi connectivity index (χ0n) is 38.1. The van der Waals surface area contributed by atoms with Crippen LogP contribution in [0.1, 0.15) is 278 Å². The van der Waals surface area contributed by atoms with E-state index >= 15 is 0 Å². The fraction of sp³-hybridized carbons (Fsp3) is 0.940. The summed E-state index contributed by atoms with van der Waals surface area (Å²) in [6, 6.07) is 0. The summed E-state index contributed by atoms with van der Waals surface area (Å²) in [6.45, 7) is 9.00. The molecule has 0 aromatic carbocycles. The maximum absolute atomic E-state index is 12.7. The Morgan fingerprint density at radius 2 is 0.589 bits per heavy atom. The Hall–Kier alpha value is -1.59. The van der Waals surface area contributed by atoms with E-state index in [1.54, 1.807) is 0 Å². The number of hydrogen-bond acceptors (Lipinski definition) is 6. The van der Waals surface area contributed by atoms with Crippen molar-refractivity contribution >= 4 is 17.9 Å². The Morgan fingerprint density at radius 1 is 0.339 bits per heavy atom. The Kier molecular flexibility index (Phi) is 43.2. The van der Waals surface area contributed by atoms with E-state index in [0.717, 1.165) is 63.7 Å². The van der Waals surface area contributed by atoms with E-state index < -0.39 is 6.10 Å². The number of unbranched alkanes of at least 4 members (excludes halogenated alkanes) is 32. The molecule has 0 saturated heterocycles. The number of esters is 3. The fourth-order valence-corrected chi connectivity index (χ4v) is 7.51. The Bertz CT molecular complexity index is 841. The highest BCUT2D eigenvalue weighted by Gasteiger charge is 2.19. The van der Waals surface area contributed by atoms with Crippen LogP contribution in [0.5, 0.6) is 0 Å². The molecule has 0 amide bonds. The lowest BCUT2D eigenvalue weighted by Crippen LogP contribution is -2.30. The number of carbonyl (C=O) groups excluding carboxylic acids is 3. The van der Waals surface area contributed by atoms with Gasteiger partial charge in [0.2, 0.25) is 0 Å². The van der Waals surface area contributed by atoms with Crippen LogP contribution in [0.25, 0.3) is 0 Å². The zero-order valence-corrected chi connectivity index (χ0v) is 38.1. The predicted octanol–water partition coefficient (Wildman–Crippen LogP) is 15.9. The van der Waals surface area contributed by atoms with Crippen LogP contribution in [0, 0.1) is 5.92 Å². The van der Waals surface area contributed by atoms with Crippen molar-refractivity contribution < 1.29 is 28.6 Å². The van der Waals surface area contributed by atoms with Gasteiger partial charge in [0.15, 0.2) is 6.10 Å². The molecule has 0 aromatic rings. The van der Waals surface area contributed by atoms with E-state index in [0.29, 0.717) is 19.3 Å². The van der Waals surface area contributed by atoms with Crippen molar-refractivity contribution in [2.45, 2.75) is 284 Å². The first-order chi connectivity index (χ1) is 27.4. The molecule has 0 fully saturated rings. The predicted molar refractivity (Wildman–Crippen MR) is 238 cm³/mol. The average molecular weight is 793 g/mol. The molecule has 0 aliphatic heterocycles.